The molecule has 0 atom stereocenters. The normalized spacial score (nSPS) is 10.8. The van der Waals surface area contributed by atoms with Crippen LogP contribution in [0.3, 0.4) is 0 Å². The van der Waals surface area contributed by atoms with Gasteiger partial charge in [0.25, 0.3) is 0 Å². The minimum Gasteiger partial charge on any atom is -0.316 e. The maximum Gasteiger partial charge on any atom is 0.177 e. The molecule has 0 saturated carbocycles. The summed E-state index contributed by atoms with van der Waals surface area (Å²) >= 11 is 17.3. The highest BCUT2D eigenvalue weighted by Crippen LogP contribution is 2.23. The standard InChI is InChI=1S/C21H17Cl2FN6S/c22-16-6-5-14(11-17(16)23)12-29-9-7-19(27-29)25-21(31)26-20-8-10-30(28-20)13-15-3-1-2-4-18(15)24/h1-11H,12-13H2,(H2,25,26,27,28,31). The maximum absolute atomic E-state index is 13.8. The first-order chi connectivity index (χ1) is 15.0. The van der Waals surface area contributed by atoms with Gasteiger partial charge >= 0.3 is 0 Å². The van der Waals surface area contributed by atoms with E-state index < -0.39 is 0 Å². The molecule has 0 fully saturated rings. The molecule has 0 saturated heterocycles. The fraction of sp³-hybridized carbons (Fsp3) is 0.0952. The van der Waals surface area contributed by atoms with Crippen LogP contribution in [0.2, 0.25) is 10.0 Å². The van der Waals surface area contributed by atoms with Gasteiger partial charge in [-0.3, -0.25) is 9.36 Å². The highest BCUT2D eigenvalue weighted by molar-refractivity contribution is 7.80. The number of benzene rings is 2. The molecule has 31 heavy (non-hydrogen) atoms. The predicted octanol–water partition coefficient (Wildman–Crippen LogP) is 5.43. The van der Waals surface area contributed by atoms with Crippen LogP contribution in [-0.2, 0) is 13.1 Å². The maximum atomic E-state index is 13.8. The molecule has 10 heteroatoms. The molecule has 0 aliphatic carbocycles. The molecule has 2 aromatic carbocycles. The molecule has 2 N–H and O–H groups in total. The van der Waals surface area contributed by atoms with Crippen LogP contribution in [0, 0.1) is 5.82 Å². The molecular weight excluding hydrogens is 458 g/mol. The second-order valence-electron chi connectivity index (χ2n) is 6.72. The first kappa shape index (κ1) is 21.3. The van der Waals surface area contributed by atoms with Crippen LogP contribution in [0.4, 0.5) is 16.0 Å². The Labute approximate surface area is 193 Å². The number of halogens is 3. The summed E-state index contributed by atoms with van der Waals surface area (Å²) in [6, 6.07) is 15.6. The van der Waals surface area contributed by atoms with Crippen molar-refractivity contribution in [3.05, 3.63) is 94.0 Å². The number of anilines is 2. The molecule has 0 bridgehead atoms. The molecule has 2 heterocycles. The van der Waals surface area contributed by atoms with Gasteiger partial charge in [-0.25, -0.2) is 4.39 Å². The smallest absolute Gasteiger partial charge is 0.177 e. The van der Waals surface area contributed by atoms with Gasteiger partial charge in [-0.05, 0) is 36.0 Å². The zero-order chi connectivity index (χ0) is 21.8. The molecule has 158 valence electrons. The van der Waals surface area contributed by atoms with Crippen LogP contribution in [0.5, 0.6) is 0 Å². The van der Waals surface area contributed by atoms with Gasteiger partial charge in [0.1, 0.15) is 5.82 Å². The van der Waals surface area contributed by atoms with E-state index in [-0.39, 0.29) is 5.82 Å². The Balaban J connectivity index is 1.33. The minimum absolute atomic E-state index is 0.263. The van der Waals surface area contributed by atoms with Crippen LogP contribution in [-0.4, -0.2) is 24.7 Å². The van der Waals surface area contributed by atoms with E-state index in [2.05, 4.69) is 20.8 Å². The summed E-state index contributed by atoms with van der Waals surface area (Å²) in [5.41, 5.74) is 1.54. The number of aromatic nitrogens is 4. The van der Waals surface area contributed by atoms with Crippen LogP contribution >= 0.6 is 35.4 Å². The largest absolute Gasteiger partial charge is 0.316 e. The topological polar surface area (TPSA) is 59.7 Å². The van der Waals surface area contributed by atoms with Crippen molar-refractivity contribution in [3.63, 3.8) is 0 Å². The molecule has 0 unspecified atom stereocenters. The average Bonchev–Trinajstić information content (AvgIpc) is 3.36. The van der Waals surface area contributed by atoms with E-state index in [4.69, 9.17) is 35.4 Å². The van der Waals surface area contributed by atoms with Crippen molar-refractivity contribution in [2.75, 3.05) is 10.6 Å². The van der Waals surface area contributed by atoms with Gasteiger partial charge in [-0.1, -0.05) is 47.5 Å². The van der Waals surface area contributed by atoms with Gasteiger partial charge in [0.05, 0.1) is 23.1 Å². The Morgan fingerprint density at radius 2 is 1.52 bits per heavy atom. The van der Waals surface area contributed by atoms with Crippen LogP contribution in [0.1, 0.15) is 11.1 Å². The third kappa shape index (κ3) is 5.61. The van der Waals surface area contributed by atoms with Crippen molar-refractivity contribution in [1.29, 1.82) is 0 Å². The molecule has 0 aliphatic heterocycles. The second-order valence-corrected chi connectivity index (χ2v) is 7.94. The highest BCUT2D eigenvalue weighted by Gasteiger charge is 2.07. The van der Waals surface area contributed by atoms with E-state index in [1.54, 1.807) is 45.9 Å². The number of hydrogen-bond donors (Lipinski definition) is 2. The highest BCUT2D eigenvalue weighted by atomic mass is 35.5. The van der Waals surface area contributed by atoms with E-state index >= 15 is 0 Å². The molecule has 0 amide bonds. The Bertz CT molecular complexity index is 1220. The van der Waals surface area contributed by atoms with Crippen LogP contribution in [0.15, 0.2) is 67.0 Å². The third-order valence-corrected chi connectivity index (χ3v) is 5.33. The summed E-state index contributed by atoms with van der Waals surface area (Å²) in [5, 5.41) is 16.2. The lowest BCUT2D eigenvalue weighted by Gasteiger charge is -2.07. The fourth-order valence-corrected chi connectivity index (χ4v) is 3.45. The molecule has 4 rings (SSSR count). The summed E-state index contributed by atoms with van der Waals surface area (Å²) in [6.07, 6.45) is 3.58. The van der Waals surface area contributed by atoms with Crippen molar-refractivity contribution in [1.82, 2.24) is 19.6 Å². The lowest BCUT2D eigenvalue weighted by atomic mass is 10.2. The van der Waals surface area contributed by atoms with Gasteiger partial charge in [0, 0.05) is 30.1 Å². The Hall–Kier alpha value is -2.94. The van der Waals surface area contributed by atoms with E-state index in [9.17, 15) is 4.39 Å². The molecule has 6 nitrogen and oxygen atoms in total. The van der Waals surface area contributed by atoms with Gasteiger partial charge in [-0.15, -0.1) is 0 Å². The summed E-state index contributed by atoms with van der Waals surface area (Å²) < 4.78 is 17.2. The summed E-state index contributed by atoms with van der Waals surface area (Å²) in [4.78, 5) is 0. The zero-order valence-corrected chi connectivity index (χ0v) is 18.4. The first-order valence-corrected chi connectivity index (χ1v) is 10.4. The molecule has 4 aromatic rings. The average molecular weight is 475 g/mol. The number of rotatable bonds is 6. The zero-order valence-electron chi connectivity index (χ0n) is 16.1. The molecule has 2 aromatic heterocycles. The SMILES string of the molecule is Fc1ccccc1Cn1ccc(NC(=S)Nc2ccn(Cc3ccc(Cl)c(Cl)c3)n2)n1. The monoisotopic (exact) mass is 474 g/mol. The van der Waals surface area contributed by atoms with E-state index in [1.807, 2.05) is 24.4 Å². The quantitative estimate of drug-likeness (QED) is 0.364. The van der Waals surface area contributed by atoms with Crippen molar-refractivity contribution in [2.45, 2.75) is 13.1 Å². The first-order valence-electron chi connectivity index (χ1n) is 9.28. The van der Waals surface area contributed by atoms with Crippen LogP contribution < -0.4 is 10.6 Å². The van der Waals surface area contributed by atoms with E-state index in [0.29, 0.717) is 45.4 Å². The Morgan fingerprint density at radius 1 is 0.871 bits per heavy atom. The van der Waals surface area contributed by atoms with Gasteiger partial charge in [0.15, 0.2) is 16.7 Å². The van der Waals surface area contributed by atoms with Gasteiger partial charge < -0.3 is 10.6 Å². The molecule has 0 spiro atoms. The lowest BCUT2D eigenvalue weighted by molar-refractivity contribution is 0.586. The summed E-state index contributed by atoms with van der Waals surface area (Å²) in [7, 11) is 0. The summed E-state index contributed by atoms with van der Waals surface area (Å²) in [6.45, 7) is 0.868. The fourth-order valence-electron chi connectivity index (χ4n) is 2.92. The minimum atomic E-state index is -0.263. The van der Waals surface area contributed by atoms with E-state index in [0.717, 1.165) is 5.56 Å². The molecule has 0 radical (unpaired) electrons. The van der Waals surface area contributed by atoms with Crippen molar-refractivity contribution in [2.24, 2.45) is 0 Å². The Kier molecular flexibility index (Phi) is 6.50. The number of nitrogens with zero attached hydrogens (tertiary/aromatic N) is 4. The number of thiocarbonyl (C=S) groups is 1. The van der Waals surface area contributed by atoms with Gasteiger partial charge in [0.2, 0.25) is 0 Å². The number of nitrogens with one attached hydrogen (secondary N) is 2. The van der Waals surface area contributed by atoms with Crippen LogP contribution in [0.25, 0.3) is 0 Å². The lowest BCUT2D eigenvalue weighted by Crippen LogP contribution is -2.20. The van der Waals surface area contributed by atoms with Gasteiger partial charge in [-0.2, -0.15) is 10.2 Å². The molecule has 0 aliphatic rings. The van der Waals surface area contributed by atoms with Crippen molar-refractivity contribution < 1.29 is 4.39 Å². The van der Waals surface area contributed by atoms with Crippen molar-refractivity contribution >= 4 is 52.2 Å². The second kappa shape index (κ2) is 9.47. The predicted molar refractivity (Wildman–Crippen MR) is 125 cm³/mol. The van der Waals surface area contributed by atoms with E-state index in [1.165, 1.54) is 6.07 Å². The molecular formula is C21H17Cl2FN6S. The number of hydrogen-bond acceptors (Lipinski definition) is 3. The Morgan fingerprint density at radius 3 is 2.16 bits per heavy atom. The summed E-state index contributed by atoms with van der Waals surface area (Å²) in [5.74, 6) is 0.869. The third-order valence-electron chi connectivity index (χ3n) is 4.38. The van der Waals surface area contributed by atoms with Crippen molar-refractivity contribution in [3.8, 4) is 0 Å².